The summed E-state index contributed by atoms with van der Waals surface area (Å²) < 4.78 is 21.5. The number of nitrogens with one attached hydrogen (secondary N) is 1. The molecule has 0 unspecified atom stereocenters. The molecule has 1 heterocycles. The third-order valence-electron chi connectivity index (χ3n) is 7.08. The van der Waals surface area contributed by atoms with Crippen LogP contribution in [0.15, 0.2) is 108 Å². The van der Waals surface area contributed by atoms with E-state index in [-0.39, 0.29) is 18.3 Å². The second kappa shape index (κ2) is 17.6. The Hall–Kier alpha value is -5.99. The van der Waals surface area contributed by atoms with E-state index in [1.54, 1.807) is 19.9 Å². The van der Waals surface area contributed by atoms with Gasteiger partial charge in [-0.05, 0) is 91.4 Å². The molecule has 0 saturated carbocycles. The summed E-state index contributed by atoms with van der Waals surface area (Å²) in [5, 5.41) is 4.41. The molecule has 1 N–H and O–H groups in total. The van der Waals surface area contributed by atoms with E-state index >= 15 is 0 Å². The van der Waals surface area contributed by atoms with Crippen LogP contribution in [0.4, 0.5) is 0 Å². The van der Waals surface area contributed by atoms with Crippen molar-refractivity contribution in [3.8, 4) is 11.5 Å². The van der Waals surface area contributed by atoms with E-state index in [1.807, 2.05) is 105 Å². The maximum atomic E-state index is 11.8. The molecule has 10 nitrogen and oxygen atoms in total. The van der Waals surface area contributed by atoms with E-state index < -0.39 is 5.97 Å². The summed E-state index contributed by atoms with van der Waals surface area (Å²) in [6.07, 6.45) is 1.51. The van der Waals surface area contributed by atoms with Gasteiger partial charge in [0, 0.05) is 21.9 Å². The zero-order chi connectivity index (χ0) is 34.3. The summed E-state index contributed by atoms with van der Waals surface area (Å²) >= 11 is 0. The maximum Gasteiger partial charge on any atom is 0.354 e. The van der Waals surface area contributed by atoms with Crippen molar-refractivity contribution in [1.29, 1.82) is 0 Å². The van der Waals surface area contributed by atoms with Crippen LogP contribution in [-0.2, 0) is 27.5 Å². The summed E-state index contributed by atoms with van der Waals surface area (Å²) in [5.74, 6) is 0.509. The molecule has 0 bridgehead atoms. The lowest BCUT2D eigenvalue weighted by Gasteiger charge is -2.09. The Morgan fingerprint density at radius 3 is 1.96 bits per heavy atom. The molecule has 0 aliphatic carbocycles. The normalized spacial score (nSPS) is 10.7. The molecule has 5 rings (SSSR count). The molecule has 0 atom stereocenters. The molecular formula is C38H38N4O6. The second-order valence-electron chi connectivity index (χ2n) is 10.6. The van der Waals surface area contributed by atoms with E-state index in [0.29, 0.717) is 25.5 Å². The number of azide groups is 1. The molecule has 1 aromatic heterocycles. The van der Waals surface area contributed by atoms with Crippen molar-refractivity contribution in [2.45, 2.75) is 40.9 Å². The summed E-state index contributed by atoms with van der Waals surface area (Å²) in [4.78, 5) is 29.4. The highest BCUT2D eigenvalue weighted by atomic mass is 16.5. The highest BCUT2D eigenvalue weighted by Gasteiger charge is 2.13. The molecule has 0 amide bonds. The predicted molar refractivity (Wildman–Crippen MR) is 185 cm³/mol. The lowest BCUT2D eigenvalue weighted by Crippen LogP contribution is -2.05. The van der Waals surface area contributed by atoms with Gasteiger partial charge in [-0.2, -0.15) is 0 Å². The van der Waals surface area contributed by atoms with Gasteiger partial charge in [0.1, 0.15) is 36.1 Å². The first-order valence-electron chi connectivity index (χ1n) is 15.5. The van der Waals surface area contributed by atoms with Crippen LogP contribution in [0.5, 0.6) is 11.5 Å². The zero-order valence-corrected chi connectivity index (χ0v) is 27.4. The summed E-state index contributed by atoms with van der Waals surface area (Å²) in [7, 11) is 0. The molecule has 0 radical (unpaired) electrons. The van der Waals surface area contributed by atoms with Gasteiger partial charge in [-0.1, -0.05) is 71.8 Å². The number of aromatic amines is 1. The minimum atomic E-state index is -0.649. The average Bonchev–Trinajstić information content (AvgIpc) is 3.54. The molecule has 10 heteroatoms. The first-order chi connectivity index (χ1) is 23.3. The van der Waals surface area contributed by atoms with Gasteiger partial charge in [0.15, 0.2) is 0 Å². The van der Waals surface area contributed by atoms with E-state index in [1.165, 1.54) is 6.08 Å². The molecule has 5 aromatic rings. The minimum absolute atomic E-state index is 0.0783. The van der Waals surface area contributed by atoms with Crippen LogP contribution in [-0.4, -0.2) is 30.1 Å². The Morgan fingerprint density at radius 1 is 0.771 bits per heavy atom. The van der Waals surface area contributed by atoms with Crippen LogP contribution < -0.4 is 9.47 Å². The number of fused-ring (bicyclic) bond motifs is 1. The van der Waals surface area contributed by atoms with E-state index in [4.69, 9.17) is 24.5 Å². The number of esters is 2. The Balaban J connectivity index is 0.000000217. The van der Waals surface area contributed by atoms with Crippen LogP contribution in [0, 0.1) is 13.8 Å². The molecule has 48 heavy (non-hydrogen) atoms. The van der Waals surface area contributed by atoms with Gasteiger partial charge in [-0.3, -0.25) is 0 Å². The zero-order valence-electron chi connectivity index (χ0n) is 27.4. The van der Waals surface area contributed by atoms with Gasteiger partial charge in [0.25, 0.3) is 0 Å². The fourth-order valence-electron chi connectivity index (χ4n) is 4.70. The van der Waals surface area contributed by atoms with Crippen LogP contribution in [0.2, 0.25) is 0 Å². The van der Waals surface area contributed by atoms with Gasteiger partial charge in [0.2, 0.25) is 0 Å². The van der Waals surface area contributed by atoms with Gasteiger partial charge < -0.3 is 23.9 Å². The Bertz CT molecular complexity index is 1910. The lowest BCUT2D eigenvalue weighted by molar-refractivity contribution is -0.138. The molecule has 0 saturated heterocycles. The molecule has 0 spiro atoms. The van der Waals surface area contributed by atoms with Gasteiger partial charge >= 0.3 is 11.9 Å². The van der Waals surface area contributed by atoms with Gasteiger partial charge in [0.05, 0.1) is 13.2 Å². The minimum Gasteiger partial charge on any atom is -0.489 e. The molecule has 0 fully saturated rings. The Kier molecular flexibility index (Phi) is 12.8. The summed E-state index contributed by atoms with van der Waals surface area (Å²) in [6.45, 7) is 8.93. The first kappa shape index (κ1) is 34.9. The topological polar surface area (TPSA) is 136 Å². The number of hydrogen-bond acceptors (Lipinski definition) is 7. The van der Waals surface area contributed by atoms with E-state index in [2.05, 4.69) is 15.0 Å². The van der Waals surface area contributed by atoms with Crippen LogP contribution in [0.3, 0.4) is 0 Å². The smallest absolute Gasteiger partial charge is 0.354 e. The molecule has 4 aromatic carbocycles. The van der Waals surface area contributed by atoms with Crippen molar-refractivity contribution in [2.75, 3.05) is 13.2 Å². The number of aryl methyl sites for hydroxylation is 2. The van der Waals surface area contributed by atoms with Crippen molar-refractivity contribution >= 4 is 28.9 Å². The number of rotatable bonds is 12. The van der Waals surface area contributed by atoms with Gasteiger partial charge in [-0.25, -0.2) is 9.59 Å². The SMILES string of the molecule is CCOC(=O)C(=Cc1ccc(OCc2ccccc2)cc1C)N=[N+]=[N-].CCOC(=O)c1cc2c(C)cc(OCc3ccccc3)cc2[nH]1. The van der Waals surface area contributed by atoms with E-state index in [0.717, 1.165) is 50.2 Å². The van der Waals surface area contributed by atoms with Crippen LogP contribution in [0.1, 0.15) is 52.2 Å². The van der Waals surface area contributed by atoms with Crippen LogP contribution >= 0.6 is 0 Å². The Morgan fingerprint density at radius 2 is 1.38 bits per heavy atom. The van der Waals surface area contributed by atoms with Crippen molar-refractivity contribution in [2.24, 2.45) is 5.11 Å². The first-order valence-corrected chi connectivity index (χ1v) is 15.5. The highest BCUT2D eigenvalue weighted by molar-refractivity contribution is 5.96. The fourth-order valence-corrected chi connectivity index (χ4v) is 4.70. The van der Waals surface area contributed by atoms with Crippen molar-refractivity contribution in [1.82, 2.24) is 4.98 Å². The van der Waals surface area contributed by atoms with Gasteiger partial charge in [-0.15, -0.1) is 0 Å². The quantitative estimate of drug-likeness (QED) is 0.0472. The molecular weight excluding hydrogens is 608 g/mol. The molecule has 0 aliphatic heterocycles. The fraction of sp³-hybridized carbons (Fsp3) is 0.211. The number of ether oxygens (including phenoxy) is 4. The number of aromatic nitrogens is 1. The molecule has 0 aliphatic rings. The summed E-state index contributed by atoms with van der Waals surface area (Å²) in [6, 6.07) is 31.1. The standard InChI is InChI=1S/C19H19N3O3.C19H19NO3/c1-3-24-19(23)18(21-22-20)12-16-9-10-17(11-14(16)2)25-13-15-7-5-4-6-8-15;1-3-22-19(21)18-11-16-13(2)9-15(10-17(16)20-18)23-12-14-7-5-4-6-8-14/h4-12H,3,13H2,1-2H3;4-11,20H,3,12H2,1-2H3. The second-order valence-corrected chi connectivity index (χ2v) is 10.6. The lowest BCUT2D eigenvalue weighted by atomic mass is 10.1. The highest BCUT2D eigenvalue weighted by Crippen LogP contribution is 2.27. The van der Waals surface area contributed by atoms with Crippen molar-refractivity contribution < 1.29 is 28.5 Å². The molecule has 246 valence electrons. The largest absolute Gasteiger partial charge is 0.489 e. The Labute approximate surface area is 279 Å². The number of nitrogens with zero attached hydrogens (tertiary/aromatic N) is 3. The maximum absolute atomic E-state index is 11.8. The number of hydrogen-bond donors (Lipinski definition) is 1. The van der Waals surface area contributed by atoms with Crippen molar-refractivity contribution in [3.63, 3.8) is 0 Å². The number of benzene rings is 4. The van der Waals surface area contributed by atoms with E-state index in [9.17, 15) is 9.59 Å². The number of H-pyrrole nitrogens is 1. The average molecular weight is 647 g/mol. The number of carbonyl (C=O) groups excluding carboxylic acids is 2. The predicted octanol–water partition coefficient (Wildman–Crippen LogP) is 9.02. The monoisotopic (exact) mass is 646 g/mol. The number of carbonyl (C=O) groups is 2. The van der Waals surface area contributed by atoms with Crippen LogP contribution in [0.25, 0.3) is 27.4 Å². The summed E-state index contributed by atoms with van der Waals surface area (Å²) in [5.41, 5.74) is 14.8. The third kappa shape index (κ3) is 10.0. The van der Waals surface area contributed by atoms with Crippen molar-refractivity contribution in [3.05, 3.63) is 147 Å². The third-order valence-corrected chi connectivity index (χ3v) is 7.08.